The Kier molecular flexibility index (Phi) is 4.62. The average Bonchev–Trinajstić information content (AvgIpc) is 3.19. The molecule has 0 atom stereocenters. The van der Waals surface area contributed by atoms with E-state index in [-0.39, 0.29) is 5.69 Å². The minimum absolute atomic E-state index is 0.225. The highest BCUT2D eigenvalue weighted by Crippen LogP contribution is 2.30. The predicted octanol–water partition coefficient (Wildman–Crippen LogP) is 4.47. The molecular weight excluding hydrogens is 379 g/mol. The average molecular weight is 395 g/mol. The van der Waals surface area contributed by atoms with Crippen LogP contribution in [0.1, 0.15) is 25.2 Å². The van der Waals surface area contributed by atoms with Crippen LogP contribution in [0.4, 0.5) is 13.2 Å². The molecule has 0 fully saturated rings. The summed E-state index contributed by atoms with van der Waals surface area (Å²) in [6.07, 6.45) is 1.61. The summed E-state index contributed by atoms with van der Waals surface area (Å²) in [5.74, 6) is -2.42. The summed E-state index contributed by atoms with van der Waals surface area (Å²) in [6.45, 7) is 3.86. The highest BCUT2D eigenvalue weighted by Gasteiger charge is 2.28. The van der Waals surface area contributed by atoms with Crippen LogP contribution in [0.5, 0.6) is 0 Å². The first-order chi connectivity index (χ1) is 13.8. The van der Waals surface area contributed by atoms with Gasteiger partial charge in [-0.3, -0.25) is 4.98 Å². The smallest absolute Gasteiger partial charge is 0.217 e. The SMILES string of the molecule is CC(C)(c1cccc(-c2cccc(F)n2)n1)c1ccn(-c2cc(F)nc(F)c2)n1. The maximum absolute atomic E-state index is 13.5. The van der Waals surface area contributed by atoms with Crippen molar-refractivity contribution in [3.05, 3.63) is 90.0 Å². The molecular formula is C21H16F3N5. The van der Waals surface area contributed by atoms with Crippen LogP contribution in [-0.2, 0) is 5.41 Å². The molecule has 0 bridgehead atoms. The first-order valence-electron chi connectivity index (χ1n) is 8.83. The molecule has 0 radical (unpaired) electrons. The molecule has 0 amide bonds. The summed E-state index contributed by atoms with van der Waals surface area (Å²) in [7, 11) is 0. The summed E-state index contributed by atoms with van der Waals surface area (Å²) >= 11 is 0. The normalized spacial score (nSPS) is 11.6. The standard InChI is InChI=1S/C21H16F3N5/c1-21(2,16-7-3-5-14(25-16)15-6-4-8-18(22)26-15)17-9-10-29(28-17)13-11-19(23)27-20(24)12-13/h3-12H,1-2H3. The van der Waals surface area contributed by atoms with Crippen molar-refractivity contribution in [1.82, 2.24) is 24.7 Å². The zero-order valence-electron chi connectivity index (χ0n) is 15.6. The summed E-state index contributed by atoms with van der Waals surface area (Å²) in [5.41, 5.74) is 1.90. The zero-order chi connectivity index (χ0) is 20.6. The van der Waals surface area contributed by atoms with Gasteiger partial charge in [0.05, 0.1) is 33.9 Å². The number of aromatic nitrogens is 5. The monoisotopic (exact) mass is 395 g/mol. The number of rotatable bonds is 4. The third-order valence-corrected chi connectivity index (χ3v) is 4.61. The lowest BCUT2D eigenvalue weighted by molar-refractivity contribution is 0.509. The lowest BCUT2D eigenvalue weighted by atomic mass is 9.85. The summed E-state index contributed by atoms with van der Waals surface area (Å²) in [6, 6.07) is 13.9. The third kappa shape index (κ3) is 3.73. The third-order valence-electron chi connectivity index (χ3n) is 4.61. The molecule has 0 saturated heterocycles. The zero-order valence-corrected chi connectivity index (χ0v) is 15.6. The van der Waals surface area contributed by atoms with E-state index < -0.39 is 23.3 Å². The molecule has 0 aliphatic carbocycles. The molecule has 0 unspecified atom stereocenters. The van der Waals surface area contributed by atoms with Crippen LogP contribution in [0.25, 0.3) is 17.1 Å². The fourth-order valence-corrected chi connectivity index (χ4v) is 2.99. The number of hydrogen-bond acceptors (Lipinski definition) is 4. The van der Waals surface area contributed by atoms with Gasteiger partial charge < -0.3 is 0 Å². The van der Waals surface area contributed by atoms with Crippen LogP contribution in [0.15, 0.2) is 60.8 Å². The Morgan fingerprint density at radius 1 is 0.724 bits per heavy atom. The Hall–Kier alpha value is -3.55. The van der Waals surface area contributed by atoms with Crippen molar-refractivity contribution in [1.29, 1.82) is 0 Å². The summed E-state index contributed by atoms with van der Waals surface area (Å²) < 4.78 is 41.7. The van der Waals surface area contributed by atoms with Gasteiger partial charge >= 0.3 is 0 Å². The number of pyridine rings is 3. The van der Waals surface area contributed by atoms with E-state index in [9.17, 15) is 13.2 Å². The molecule has 4 aromatic heterocycles. The maximum atomic E-state index is 13.5. The van der Waals surface area contributed by atoms with Gasteiger partial charge in [-0.1, -0.05) is 12.1 Å². The Bertz CT molecular complexity index is 1170. The van der Waals surface area contributed by atoms with Crippen LogP contribution >= 0.6 is 0 Å². The summed E-state index contributed by atoms with van der Waals surface area (Å²) in [5, 5.41) is 4.47. The van der Waals surface area contributed by atoms with Gasteiger partial charge in [0.15, 0.2) is 0 Å². The molecule has 4 aromatic rings. The highest BCUT2D eigenvalue weighted by molar-refractivity contribution is 5.54. The van der Waals surface area contributed by atoms with Crippen LogP contribution in [0.3, 0.4) is 0 Å². The Morgan fingerprint density at radius 3 is 2.07 bits per heavy atom. The molecule has 0 N–H and O–H groups in total. The van der Waals surface area contributed by atoms with Gasteiger partial charge in [0, 0.05) is 18.3 Å². The maximum Gasteiger partial charge on any atom is 0.217 e. The van der Waals surface area contributed by atoms with Gasteiger partial charge in [0.25, 0.3) is 0 Å². The number of hydrogen-bond donors (Lipinski definition) is 0. The molecule has 146 valence electrons. The van der Waals surface area contributed by atoms with E-state index in [0.717, 1.165) is 12.1 Å². The molecule has 29 heavy (non-hydrogen) atoms. The van der Waals surface area contributed by atoms with E-state index in [4.69, 9.17) is 0 Å². The molecule has 0 aromatic carbocycles. The molecule has 4 rings (SSSR count). The second kappa shape index (κ2) is 7.12. The van der Waals surface area contributed by atoms with Gasteiger partial charge in [-0.2, -0.15) is 23.3 Å². The van der Waals surface area contributed by atoms with E-state index in [1.165, 1.54) is 10.7 Å². The van der Waals surface area contributed by atoms with E-state index in [1.807, 2.05) is 26.0 Å². The van der Waals surface area contributed by atoms with E-state index >= 15 is 0 Å². The Balaban J connectivity index is 1.71. The fourth-order valence-electron chi connectivity index (χ4n) is 2.99. The molecule has 0 aliphatic rings. The van der Waals surface area contributed by atoms with Gasteiger partial charge in [-0.25, -0.2) is 9.67 Å². The van der Waals surface area contributed by atoms with Gasteiger partial charge in [0.2, 0.25) is 17.8 Å². The van der Waals surface area contributed by atoms with Crippen molar-refractivity contribution in [2.24, 2.45) is 0 Å². The molecule has 0 saturated carbocycles. The van der Waals surface area contributed by atoms with Crippen LogP contribution in [0.2, 0.25) is 0 Å². The van der Waals surface area contributed by atoms with Crippen LogP contribution in [0, 0.1) is 17.8 Å². The van der Waals surface area contributed by atoms with Crippen molar-refractivity contribution in [2.45, 2.75) is 19.3 Å². The molecule has 0 spiro atoms. The van der Waals surface area contributed by atoms with E-state index in [0.29, 0.717) is 22.8 Å². The first-order valence-corrected chi connectivity index (χ1v) is 8.83. The van der Waals surface area contributed by atoms with Gasteiger partial charge in [-0.15, -0.1) is 0 Å². The Labute approximate surface area is 164 Å². The number of nitrogens with zero attached hydrogens (tertiary/aromatic N) is 5. The predicted molar refractivity (Wildman–Crippen MR) is 101 cm³/mol. The van der Waals surface area contributed by atoms with Crippen molar-refractivity contribution in [2.75, 3.05) is 0 Å². The quantitative estimate of drug-likeness (QED) is 0.479. The van der Waals surface area contributed by atoms with E-state index in [2.05, 4.69) is 20.1 Å². The minimum atomic E-state index is -0.923. The first kappa shape index (κ1) is 18.8. The Morgan fingerprint density at radius 2 is 1.38 bits per heavy atom. The van der Waals surface area contributed by atoms with Gasteiger partial charge in [-0.05, 0) is 44.2 Å². The van der Waals surface area contributed by atoms with Crippen molar-refractivity contribution >= 4 is 0 Å². The second-order valence-corrected chi connectivity index (χ2v) is 6.99. The fraction of sp³-hybridized carbons (Fsp3) is 0.143. The second-order valence-electron chi connectivity index (χ2n) is 6.99. The molecule has 0 aliphatic heterocycles. The molecule has 4 heterocycles. The van der Waals surface area contributed by atoms with Crippen molar-refractivity contribution in [3.63, 3.8) is 0 Å². The minimum Gasteiger partial charge on any atom is -0.250 e. The van der Waals surface area contributed by atoms with Gasteiger partial charge in [0.1, 0.15) is 0 Å². The molecule has 5 nitrogen and oxygen atoms in total. The highest BCUT2D eigenvalue weighted by atomic mass is 19.1. The number of halogens is 3. The largest absolute Gasteiger partial charge is 0.250 e. The van der Waals surface area contributed by atoms with Crippen molar-refractivity contribution in [3.8, 4) is 17.1 Å². The lowest BCUT2D eigenvalue weighted by Gasteiger charge is -2.22. The van der Waals surface area contributed by atoms with E-state index in [1.54, 1.807) is 30.5 Å². The topological polar surface area (TPSA) is 56.5 Å². The summed E-state index contributed by atoms with van der Waals surface area (Å²) in [4.78, 5) is 11.6. The van der Waals surface area contributed by atoms with Crippen LogP contribution < -0.4 is 0 Å². The lowest BCUT2D eigenvalue weighted by Crippen LogP contribution is -2.22. The van der Waals surface area contributed by atoms with Crippen LogP contribution in [-0.4, -0.2) is 24.7 Å². The van der Waals surface area contributed by atoms with Crippen molar-refractivity contribution < 1.29 is 13.2 Å². The molecule has 8 heteroatoms.